The number of nitrogens with zero attached hydrogens (tertiary/aromatic N) is 1. The molecular formula is C14H23NO4. The molecule has 2 atom stereocenters. The number of cyclic esters (lactones) is 1. The maximum Gasteiger partial charge on any atom is 0.410 e. The third-order valence-corrected chi connectivity index (χ3v) is 4.38. The summed E-state index contributed by atoms with van der Waals surface area (Å²) in [6.07, 6.45) is 0.316. The van der Waals surface area contributed by atoms with Crippen molar-refractivity contribution in [1.29, 1.82) is 0 Å². The van der Waals surface area contributed by atoms with Gasteiger partial charge in [-0.2, -0.15) is 0 Å². The monoisotopic (exact) mass is 269 g/mol. The molecule has 108 valence electrons. The van der Waals surface area contributed by atoms with E-state index in [1.54, 1.807) is 4.90 Å². The Morgan fingerprint density at radius 2 is 2.00 bits per heavy atom. The van der Waals surface area contributed by atoms with Gasteiger partial charge in [-0.1, -0.05) is 6.92 Å². The van der Waals surface area contributed by atoms with Crippen LogP contribution in [0.25, 0.3) is 0 Å². The first-order valence-electron chi connectivity index (χ1n) is 6.73. The first-order chi connectivity index (χ1) is 8.57. The van der Waals surface area contributed by atoms with E-state index < -0.39 is 11.0 Å². The summed E-state index contributed by atoms with van der Waals surface area (Å²) < 4.78 is 10.6. The number of rotatable bonds is 0. The fourth-order valence-electron chi connectivity index (χ4n) is 2.75. The Kier molecular flexibility index (Phi) is 3.07. The quantitative estimate of drug-likeness (QED) is 0.633. The lowest BCUT2D eigenvalue weighted by Gasteiger charge is -2.45. The van der Waals surface area contributed by atoms with Gasteiger partial charge in [0.25, 0.3) is 0 Å². The van der Waals surface area contributed by atoms with Crippen LogP contribution in [0.5, 0.6) is 0 Å². The van der Waals surface area contributed by atoms with E-state index in [1.807, 2.05) is 34.6 Å². The third-order valence-electron chi connectivity index (χ3n) is 4.38. The lowest BCUT2D eigenvalue weighted by Crippen LogP contribution is -2.55. The number of amides is 1. The van der Waals surface area contributed by atoms with Crippen LogP contribution in [0.4, 0.5) is 4.79 Å². The van der Waals surface area contributed by atoms with Crippen molar-refractivity contribution in [2.45, 2.75) is 46.6 Å². The summed E-state index contributed by atoms with van der Waals surface area (Å²) in [6.45, 7) is 10.9. The topological polar surface area (TPSA) is 55.8 Å². The van der Waals surface area contributed by atoms with Crippen LogP contribution >= 0.6 is 0 Å². The smallest absolute Gasteiger partial charge is 0.410 e. The molecule has 0 aromatic rings. The number of esters is 1. The Hall–Kier alpha value is -1.26. The number of hydrogen-bond acceptors (Lipinski definition) is 4. The fourth-order valence-corrected chi connectivity index (χ4v) is 2.75. The van der Waals surface area contributed by atoms with E-state index in [0.717, 1.165) is 0 Å². The zero-order chi connectivity index (χ0) is 14.5. The Bertz CT molecular complexity index is 414. The summed E-state index contributed by atoms with van der Waals surface area (Å²) in [5.41, 5.74) is -1.30. The number of ether oxygens (including phenoxy) is 2. The molecule has 1 amide bonds. The summed E-state index contributed by atoms with van der Waals surface area (Å²) in [6, 6.07) is 0. The minimum absolute atomic E-state index is 0.140. The van der Waals surface area contributed by atoms with Crippen molar-refractivity contribution >= 4 is 12.1 Å². The summed E-state index contributed by atoms with van der Waals surface area (Å²) in [5.74, 6) is -0.140. The molecule has 5 heteroatoms. The first-order valence-corrected chi connectivity index (χ1v) is 6.73. The predicted molar refractivity (Wildman–Crippen MR) is 69.6 cm³/mol. The van der Waals surface area contributed by atoms with Crippen LogP contribution in [0.2, 0.25) is 0 Å². The van der Waals surface area contributed by atoms with Crippen LogP contribution in [0.3, 0.4) is 0 Å². The second-order valence-corrected chi connectivity index (χ2v) is 7.12. The van der Waals surface area contributed by atoms with E-state index >= 15 is 0 Å². The molecule has 2 rings (SSSR count). The van der Waals surface area contributed by atoms with Crippen LogP contribution in [0.1, 0.15) is 41.0 Å². The van der Waals surface area contributed by atoms with Gasteiger partial charge in [0.15, 0.2) is 0 Å². The molecule has 2 aliphatic rings. The largest absolute Gasteiger partial charge is 0.465 e. The summed E-state index contributed by atoms with van der Waals surface area (Å²) in [5, 5.41) is 0. The average molecular weight is 269 g/mol. The number of carbonyl (C=O) groups excluding carboxylic acids is 2. The minimum atomic E-state index is -0.499. The van der Waals surface area contributed by atoms with E-state index in [4.69, 9.17) is 9.47 Å². The van der Waals surface area contributed by atoms with Crippen molar-refractivity contribution in [1.82, 2.24) is 4.90 Å². The van der Waals surface area contributed by atoms with Crippen molar-refractivity contribution in [2.75, 3.05) is 19.7 Å². The van der Waals surface area contributed by atoms with Crippen LogP contribution in [-0.4, -0.2) is 42.3 Å². The number of likely N-dealkylation sites (tertiary alicyclic amines) is 1. The van der Waals surface area contributed by atoms with Gasteiger partial charge in [0, 0.05) is 18.5 Å². The molecule has 2 fully saturated rings. The van der Waals surface area contributed by atoms with Crippen LogP contribution in [-0.2, 0) is 14.3 Å². The Morgan fingerprint density at radius 3 is 2.58 bits per heavy atom. The highest BCUT2D eigenvalue weighted by atomic mass is 16.6. The van der Waals surface area contributed by atoms with E-state index in [1.165, 1.54) is 0 Å². The Morgan fingerprint density at radius 1 is 1.37 bits per heavy atom. The Balaban J connectivity index is 2.11. The SMILES string of the molecule is CC(C)(C)OC(=O)N1CC[C@@]2(C)C(=O)OC[C@@]2(C)C1. The molecule has 5 nitrogen and oxygen atoms in total. The van der Waals surface area contributed by atoms with Gasteiger partial charge in [-0.15, -0.1) is 0 Å². The van der Waals surface area contributed by atoms with Gasteiger partial charge in [-0.05, 0) is 34.1 Å². The summed E-state index contributed by atoms with van der Waals surface area (Å²) in [7, 11) is 0. The third kappa shape index (κ3) is 2.30. The second kappa shape index (κ2) is 4.12. The maximum absolute atomic E-state index is 12.1. The van der Waals surface area contributed by atoms with Gasteiger partial charge in [-0.3, -0.25) is 4.79 Å². The normalized spacial score (nSPS) is 34.8. The van der Waals surface area contributed by atoms with Gasteiger partial charge in [0.05, 0.1) is 12.0 Å². The second-order valence-electron chi connectivity index (χ2n) is 7.12. The number of carbonyl (C=O) groups is 2. The fraction of sp³-hybridized carbons (Fsp3) is 0.857. The molecule has 0 spiro atoms. The lowest BCUT2D eigenvalue weighted by atomic mass is 9.63. The lowest BCUT2D eigenvalue weighted by molar-refractivity contribution is -0.148. The molecule has 0 aromatic carbocycles. The highest BCUT2D eigenvalue weighted by molar-refractivity contribution is 5.80. The molecule has 2 saturated heterocycles. The summed E-state index contributed by atoms with van der Waals surface area (Å²) >= 11 is 0. The number of piperidine rings is 1. The summed E-state index contributed by atoms with van der Waals surface area (Å²) in [4.78, 5) is 25.7. The van der Waals surface area contributed by atoms with Crippen molar-refractivity contribution in [3.8, 4) is 0 Å². The average Bonchev–Trinajstić information content (AvgIpc) is 2.49. The van der Waals surface area contributed by atoms with Gasteiger partial charge in [0.1, 0.15) is 5.60 Å². The molecule has 19 heavy (non-hydrogen) atoms. The molecule has 0 radical (unpaired) electrons. The highest BCUT2D eigenvalue weighted by Gasteiger charge is 2.60. The van der Waals surface area contributed by atoms with E-state index in [9.17, 15) is 9.59 Å². The molecular weight excluding hydrogens is 246 g/mol. The predicted octanol–water partition coefficient (Wildman–Crippen LogP) is 2.20. The van der Waals surface area contributed by atoms with E-state index in [-0.39, 0.29) is 17.5 Å². The van der Waals surface area contributed by atoms with Crippen molar-refractivity contribution in [2.24, 2.45) is 10.8 Å². The number of hydrogen-bond donors (Lipinski definition) is 0. The zero-order valence-electron chi connectivity index (χ0n) is 12.4. The molecule has 0 unspecified atom stereocenters. The first kappa shape index (κ1) is 14.2. The van der Waals surface area contributed by atoms with Crippen LogP contribution in [0, 0.1) is 10.8 Å². The molecule has 0 N–H and O–H groups in total. The van der Waals surface area contributed by atoms with Crippen LogP contribution in [0.15, 0.2) is 0 Å². The Labute approximate surface area is 114 Å². The minimum Gasteiger partial charge on any atom is -0.465 e. The van der Waals surface area contributed by atoms with Crippen molar-refractivity contribution in [3.63, 3.8) is 0 Å². The van der Waals surface area contributed by atoms with Crippen molar-refractivity contribution < 1.29 is 19.1 Å². The molecule has 2 heterocycles. The van der Waals surface area contributed by atoms with Gasteiger partial charge in [-0.25, -0.2) is 4.79 Å². The van der Waals surface area contributed by atoms with Gasteiger partial charge < -0.3 is 14.4 Å². The van der Waals surface area contributed by atoms with Crippen molar-refractivity contribution in [3.05, 3.63) is 0 Å². The van der Waals surface area contributed by atoms with Crippen LogP contribution < -0.4 is 0 Å². The molecule has 0 aliphatic carbocycles. The zero-order valence-corrected chi connectivity index (χ0v) is 12.4. The standard InChI is InChI=1S/C14H23NO4/c1-12(2,3)19-11(17)15-7-6-14(5)10(16)18-9-13(14,4)8-15/h6-9H2,1-5H3/t13-,14+/m1/s1. The highest BCUT2D eigenvalue weighted by Crippen LogP contribution is 2.51. The molecule has 0 saturated carbocycles. The molecule has 2 aliphatic heterocycles. The van der Waals surface area contributed by atoms with Gasteiger partial charge >= 0.3 is 12.1 Å². The van der Waals surface area contributed by atoms with Gasteiger partial charge in [0.2, 0.25) is 0 Å². The van der Waals surface area contributed by atoms with E-state index in [2.05, 4.69) is 0 Å². The maximum atomic E-state index is 12.1. The van der Waals surface area contributed by atoms with E-state index in [0.29, 0.717) is 26.1 Å². The molecule has 0 bridgehead atoms. The molecule has 0 aromatic heterocycles. The number of fused-ring (bicyclic) bond motifs is 1.